The number of ether oxygens (including phenoxy) is 1. The van der Waals surface area contributed by atoms with Crippen molar-refractivity contribution in [1.82, 2.24) is 4.37 Å². The van der Waals surface area contributed by atoms with E-state index in [0.29, 0.717) is 10.8 Å². The molecule has 7 heteroatoms. The molecule has 3 nitrogen and oxygen atoms in total. The van der Waals surface area contributed by atoms with Crippen LogP contribution in [-0.2, 0) is 0 Å². The van der Waals surface area contributed by atoms with Gasteiger partial charge in [0.25, 0.3) is 0 Å². The van der Waals surface area contributed by atoms with Gasteiger partial charge >= 0.3 is 5.97 Å². The largest absolute Gasteiger partial charge is 0.422 e. The van der Waals surface area contributed by atoms with Crippen LogP contribution in [0.3, 0.4) is 0 Å². The third-order valence-electron chi connectivity index (χ3n) is 1.81. The number of benzene rings is 1. The summed E-state index contributed by atoms with van der Waals surface area (Å²) in [7, 11) is 0. The predicted octanol–water partition coefficient (Wildman–Crippen LogP) is 4.32. The van der Waals surface area contributed by atoms with Crippen molar-refractivity contribution in [2.24, 2.45) is 0 Å². The number of aromatic nitrogens is 1. The highest BCUT2D eigenvalue weighted by molar-refractivity contribution is 7.09. The van der Waals surface area contributed by atoms with Crippen molar-refractivity contribution < 1.29 is 9.53 Å². The summed E-state index contributed by atoms with van der Waals surface area (Å²) in [5.74, 6) is -0.221. The summed E-state index contributed by atoms with van der Waals surface area (Å²) >= 11 is 18.0. The minimum Gasteiger partial charge on any atom is -0.422 e. The molecule has 1 heterocycles. The van der Waals surface area contributed by atoms with E-state index in [1.54, 1.807) is 24.3 Å². The molecule has 0 aliphatic carbocycles. The molecule has 0 bridgehead atoms. The Balaban J connectivity index is 2.17. The lowest BCUT2D eigenvalue weighted by atomic mass is 10.3. The van der Waals surface area contributed by atoms with Gasteiger partial charge in [-0.2, -0.15) is 4.37 Å². The fourth-order valence-electron chi connectivity index (χ4n) is 1.04. The average Bonchev–Trinajstić information content (AvgIpc) is 2.63. The van der Waals surface area contributed by atoms with E-state index >= 15 is 0 Å². The molecule has 0 aliphatic rings. The Kier molecular flexibility index (Phi) is 3.89. The van der Waals surface area contributed by atoms with Crippen LogP contribution in [0.2, 0.25) is 15.2 Å². The lowest BCUT2D eigenvalue weighted by Crippen LogP contribution is -2.06. The monoisotopic (exact) mass is 307 g/mol. The Morgan fingerprint density at radius 3 is 2.35 bits per heavy atom. The van der Waals surface area contributed by atoms with Crippen LogP contribution in [0.4, 0.5) is 0 Å². The zero-order valence-electron chi connectivity index (χ0n) is 8.12. The molecule has 0 fully saturated rings. The van der Waals surface area contributed by atoms with Crippen LogP contribution in [-0.4, -0.2) is 10.3 Å². The van der Waals surface area contributed by atoms with E-state index < -0.39 is 5.97 Å². The first kappa shape index (κ1) is 12.6. The van der Waals surface area contributed by atoms with Crippen molar-refractivity contribution in [3.63, 3.8) is 0 Å². The molecule has 0 saturated heterocycles. The summed E-state index contributed by atoms with van der Waals surface area (Å²) in [6.45, 7) is 0. The molecule has 2 rings (SSSR count). The minimum absolute atomic E-state index is 0.0970. The molecular weight excluding hydrogens is 305 g/mol. The summed E-state index contributed by atoms with van der Waals surface area (Å²) in [6.07, 6.45) is 0. The van der Waals surface area contributed by atoms with Crippen molar-refractivity contribution in [2.75, 3.05) is 0 Å². The van der Waals surface area contributed by atoms with Crippen LogP contribution in [0, 0.1) is 0 Å². The minimum atomic E-state index is -0.596. The van der Waals surface area contributed by atoms with E-state index in [9.17, 15) is 4.79 Å². The molecule has 0 radical (unpaired) electrons. The molecule has 2 aromatic rings. The summed E-state index contributed by atoms with van der Waals surface area (Å²) in [6, 6.07) is 6.39. The number of carbonyl (C=O) groups is 1. The summed E-state index contributed by atoms with van der Waals surface area (Å²) in [5.41, 5.74) is 0. The fraction of sp³-hybridized carbons (Fsp3) is 0. The molecule has 0 aliphatic heterocycles. The van der Waals surface area contributed by atoms with Gasteiger partial charge in [0.2, 0.25) is 0 Å². The highest BCUT2D eigenvalue weighted by Crippen LogP contribution is 2.29. The first-order valence-electron chi connectivity index (χ1n) is 4.36. The predicted molar refractivity (Wildman–Crippen MR) is 68.5 cm³/mol. The van der Waals surface area contributed by atoms with Gasteiger partial charge < -0.3 is 4.74 Å². The van der Waals surface area contributed by atoms with Crippen molar-refractivity contribution in [1.29, 1.82) is 0 Å². The summed E-state index contributed by atoms with van der Waals surface area (Å²) in [4.78, 5) is 11.9. The molecule has 1 aromatic carbocycles. The Labute approximate surface area is 116 Å². The highest BCUT2D eigenvalue weighted by atomic mass is 35.5. The first-order chi connectivity index (χ1) is 8.08. The van der Waals surface area contributed by atoms with E-state index in [1.807, 2.05) is 0 Å². The molecule has 1 aromatic heterocycles. The third kappa shape index (κ3) is 2.90. The number of rotatable bonds is 2. The van der Waals surface area contributed by atoms with Crippen LogP contribution in [0.5, 0.6) is 5.75 Å². The molecule has 17 heavy (non-hydrogen) atoms. The summed E-state index contributed by atoms with van der Waals surface area (Å²) in [5, 5.41) is 0.763. The quantitative estimate of drug-likeness (QED) is 0.612. The zero-order chi connectivity index (χ0) is 12.4. The van der Waals surface area contributed by atoms with E-state index in [-0.39, 0.29) is 15.1 Å². The van der Waals surface area contributed by atoms with E-state index in [0.717, 1.165) is 11.5 Å². The lowest BCUT2D eigenvalue weighted by Gasteiger charge is -2.02. The van der Waals surface area contributed by atoms with Crippen molar-refractivity contribution in [3.8, 4) is 5.75 Å². The number of hydrogen-bond acceptors (Lipinski definition) is 4. The van der Waals surface area contributed by atoms with Gasteiger partial charge in [-0.15, -0.1) is 0 Å². The van der Waals surface area contributed by atoms with E-state index in [4.69, 9.17) is 39.5 Å². The average molecular weight is 309 g/mol. The second-order valence-corrected chi connectivity index (χ2v) is 4.91. The molecule has 0 N–H and O–H groups in total. The van der Waals surface area contributed by atoms with E-state index in [2.05, 4.69) is 4.37 Å². The van der Waals surface area contributed by atoms with Gasteiger partial charge in [-0.25, -0.2) is 4.79 Å². The van der Waals surface area contributed by atoms with Crippen LogP contribution < -0.4 is 4.74 Å². The maximum Gasteiger partial charge on any atom is 0.356 e. The molecule has 0 saturated carbocycles. The number of carbonyl (C=O) groups excluding carboxylic acids is 1. The van der Waals surface area contributed by atoms with Gasteiger partial charge in [0.1, 0.15) is 10.8 Å². The molecular formula is C10H4Cl3NO2S. The first-order valence-corrected chi connectivity index (χ1v) is 6.27. The van der Waals surface area contributed by atoms with Crippen LogP contribution >= 0.6 is 46.3 Å². The van der Waals surface area contributed by atoms with Crippen LogP contribution in [0.15, 0.2) is 24.3 Å². The lowest BCUT2D eigenvalue weighted by molar-refractivity contribution is 0.0740. The number of nitrogens with zero attached hydrogens (tertiary/aromatic N) is 1. The molecule has 0 unspecified atom stereocenters. The normalized spacial score (nSPS) is 10.3. The maximum absolute atomic E-state index is 11.7. The van der Waals surface area contributed by atoms with Gasteiger partial charge in [0.15, 0.2) is 10.0 Å². The Morgan fingerprint density at radius 2 is 1.82 bits per heavy atom. The Bertz CT molecular complexity index is 553. The second-order valence-electron chi connectivity index (χ2n) is 2.96. The van der Waals surface area contributed by atoms with E-state index in [1.165, 1.54) is 0 Å². The number of esters is 1. The van der Waals surface area contributed by atoms with Gasteiger partial charge in [-0.05, 0) is 35.8 Å². The van der Waals surface area contributed by atoms with Gasteiger partial charge in [-0.1, -0.05) is 34.8 Å². The fourth-order valence-corrected chi connectivity index (χ4v) is 2.25. The highest BCUT2D eigenvalue weighted by Gasteiger charge is 2.19. The maximum atomic E-state index is 11.7. The Hall–Kier alpha value is -0.810. The van der Waals surface area contributed by atoms with Crippen LogP contribution in [0.1, 0.15) is 9.67 Å². The molecule has 0 atom stereocenters. The second kappa shape index (κ2) is 5.23. The van der Waals surface area contributed by atoms with Gasteiger partial charge in [0, 0.05) is 5.02 Å². The smallest absolute Gasteiger partial charge is 0.356 e. The van der Waals surface area contributed by atoms with Crippen molar-refractivity contribution in [3.05, 3.63) is 44.3 Å². The number of hydrogen-bond donors (Lipinski definition) is 0. The van der Waals surface area contributed by atoms with Crippen LogP contribution in [0.25, 0.3) is 0 Å². The van der Waals surface area contributed by atoms with Crippen molar-refractivity contribution in [2.45, 2.75) is 0 Å². The zero-order valence-corrected chi connectivity index (χ0v) is 11.2. The van der Waals surface area contributed by atoms with Crippen molar-refractivity contribution >= 4 is 52.3 Å². The number of halogens is 3. The topological polar surface area (TPSA) is 39.2 Å². The molecule has 88 valence electrons. The van der Waals surface area contributed by atoms with Gasteiger partial charge in [-0.3, -0.25) is 0 Å². The SMILES string of the molecule is O=C(Oc1ccc(Cl)cc1)c1snc(Cl)c1Cl. The molecule has 0 spiro atoms. The molecule has 0 amide bonds. The standard InChI is InChI=1S/C10H4Cl3NO2S/c11-5-1-3-6(4-2-5)16-10(15)8-7(12)9(13)14-17-8/h1-4H. The third-order valence-corrected chi connectivity index (χ3v) is 3.84. The van der Waals surface area contributed by atoms with Gasteiger partial charge in [0.05, 0.1) is 0 Å². The summed E-state index contributed by atoms with van der Waals surface area (Å²) < 4.78 is 8.83. The Morgan fingerprint density at radius 1 is 1.18 bits per heavy atom.